The monoisotopic (exact) mass is 624 g/mol. The molecule has 0 radical (unpaired) electrons. The minimum absolute atomic E-state index is 0.821. The molecule has 0 spiro atoms. The van der Waals surface area contributed by atoms with Crippen molar-refractivity contribution in [3.05, 3.63) is 170 Å². The maximum absolute atomic E-state index is 6.47. The summed E-state index contributed by atoms with van der Waals surface area (Å²) in [5, 5.41) is 6.73. The number of fused-ring (bicyclic) bond motifs is 9. The highest BCUT2D eigenvalue weighted by molar-refractivity contribution is 6.24. The summed E-state index contributed by atoms with van der Waals surface area (Å²) in [7, 11) is 0. The summed E-state index contributed by atoms with van der Waals surface area (Å²) in [6.07, 6.45) is 1.93. The zero-order valence-electron chi connectivity index (χ0n) is 26.5. The lowest BCUT2D eigenvalue weighted by Crippen LogP contribution is -1.94. The van der Waals surface area contributed by atoms with Gasteiger partial charge in [0.15, 0.2) is 0 Å². The van der Waals surface area contributed by atoms with Crippen LogP contribution in [0.5, 0.6) is 0 Å². The van der Waals surface area contributed by atoms with Gasteiger partial charge >= 0.3 is 0 Å². The number of aromatic nitrogens is 2. The average Bonchev–Trinajstić information content (AvgIpc) is 3.57. The van der Waals surface area contributed by atoms with Crippen LogP contribution in [0.2, 0.25) is 0 Å². The largest absolute Gasteiger partial charge is 0.455 e. The summed E-state index contributed by atoms with van der Waals surface area (Å²) in [6, 6.07) is 57.5. The SMILES string of the molecule is c1ccc(-c2ccc3c4ccc(-c5ccccc5)cc4c4nc(-c5ccccc5-c5cccc6c5oc5ccccc56)cnc4c3c2)cc1. The van der Waals surface area contributed by atoms with E-state index >= 15 is 0 Å². The first-order valence-corrected chi connectivity index (χ1v) is 16.6. The number of nitrogens with zero attached hydrogens (tertiary/aromatic N) is 2. The van der Waals surface area contributed by atoms with Crippen LogP contribution in [-0.4, -0.2) is 9.97 Å². The first-order chi connectivity index (χ1) is 24.3. The maximum Gasteiger partial charge on any atom is 0.143 e. The molecule has 2 aromatic heterocycles. The van der Waals surface area contributed by atoms with Gasteiger partial charge in [-0.3, -0.25) is 4.98 Å². The van der Waals surface area contributed by atoms with Crippen molar-refractivity contribution in [2.45, 2.75) is 0 Å². The molecular formula is C46H28N2O. The van der Waals surface area contributed by atoms with Crippen molar-refractivity contribution >= 4 is 54.5 Å². The highest BCUT2D eigenvalue weighted by Crippen LogP contribution is 2.41. The molecule has 228 valence electrons. The molecule has 2 heterocycles. The molecule has 3 heteroatoms. The Labute approximate surface area is 282 Å². The van der Waals surface area contributed by atoms with E-state index in [4.69, 9.17) is 14.4 Å². The van der Waals surface area contributed by atoms with Crippen molar-refractivity contribution < 1.29 is 4.42 Å². The standard InChI is InChI=1S/C46H28N2O/c1-3-12-29(13-4-1)31-22-24-34-35-25-23-32(30-14-5-2-6-15-30)27-41(35)45-44(40(34)26-31)47-28-42(48-45)36-17-8-7-16-33(36)38-19-11-20-39-37-18-9-10-21-43(37)49-46(38)39/h1-28H. The Morgan fingerprint density at radius 2 is 0.939 bits per heavy atom. The number of rotatable bonds is 4. The van der Waals surface area contributed by atoms with E-state index in [1.807, 2.05) is 18.3 Å². The van der Waals surface area contributed by atoms with E-state index in [-0.39, 0.29) is 0 Å². The quantitative estimate of drug-likeness (QED) is 0.183. The molecule has 0 bridgehead atoms. The van der Waals surface area contributed by atoms with Gasteiger partial charge in [-0.15, -0.1) is 0 Å². The minimum atomic E-state index is 0.821. The van der Waals surface area contributed by atoms with Gasteiger partial charge in [-0.2, -0.15) is 0 Å². The van der Waals surface area contributed by atoms with Crippen LogP contribution in [0.1, 0.15) is 0 Å². The van der Waals surface area contributed by atoms with E-state index in [0.29, 0.717) is 0 Å². The Morgan fingerprint density at radius 1 is 0.367 bits per heavy atom. The summed E-state index contributed by atoms with van der Waals surface area (Å²) in [4.78, 5) is 10.7. The van der Waals surface area contributed by atoms with E-state index < -0.39 is 0 Å². The van der Waals surface area contributed by atoms with E-state index in [2.05, 4.69) is 152 Å². The van der Waals surface area contributed by atoms with E-state index in [1.54, 1.807) is 0 Å². The molecule has 0 saturated carbocycles. The Morgan fingerprint density at radius 3 is 1.65 bits per heavy atom. The van der Waals surface area contributed by atoms with Crippen LogP contribution in [0.15, 0.2) is 174 Å². The third-order valence-corrected chi connectivity index (χ3v) is 9.72. The molecule has 8 aromatic carbocycles. The zero-order chi connectivity index (χ0) is 32.3. The molecule has 0 unspecified atom stereocenters. The Bertz CT molecular complexity index is 2870. The second-order valence-corrected chi connectivity index (χ2v) is 12.5. The molecular weight excluding hydrogens is 597 g/mol. The third kappa shape index (κ3) is 4.44. The van der Waals surface area contributed by atoms with Crippen LogP contribution < -0.4 is 0 Å². The van der Waals surface area contributed by atoms with Gasteiger partial charge < -0.3 is 4.42 Å². The highest BCUT2D eigenvalue weighted by Gasteiger charge is 2.18. The molecule has 0 aliphatic heterocycles. The molecule has 49 heavy (non-hydrogen) atoms. The molecule has 0 aliphatic rings. The normalized spacial score (nSPS) is 11.7. The lowest BCUT2D eigenvalue weighted by molar-refractivity contribution is 0.670. The summed E-state index contributed by atoms with van der Waals surface area (Å²) in [5.74, 6) is 0. The smallest absolute Gasteiger partial charge is 0.143 e. The van der Waals surface area contributed by atoms with Crippen molar-refractivity contribution in [2.24, 2.45) is 0 Å². The fourth-order valence-electron chi connectivity index (χ4n) is 7.37. The van der Waals surface area contributed by atoms with Crippen molar-refractivity contribution in [3.8, 4) is 44.6 Å². The second kappa shape index (κ2) is 11.0. The fourth-order valence-corrected chi connectivity index (χ4v) is 7.37. The first kappa shape index (κ1) is 27.5. The van der Waals surface area contributed by atoms with Crippen LogP contribution in [0, 0.1) is 0 Å². The number of hydrogen-bond acceptors (Lipinski definition) is 3. The van der Waals surface area contributed by atoms with E-state index in [9.17, 15) is 0 Å². The van der Waals surface area contributed by atoms with E-state index in [1.165, 1.54) is 16.5 Å². The summed E-state index contributed by atoms with van der Waals surface area (Å²) in [6.45, 7) is 0. The molecule has 0 saturated heterocycles. The zero-order valence-corrected chi connectivity index (χ0v) is 26.5. The van der Waals surface area contributed by atoms with Crippen LogP contribution in [-0.2, 0) is 0 Å². The van der Waals surface area contributed by atoms with Crippen LogP contribution in [0.25, 0.3) is 99.2 Å². The van der Waals surface area contributed by atoms with Crippen molar-refractivity contribution in [1.82, 2.24) is 9.97 Å². The topological polar surface area (TPSA) is 38.9 Å². The molecule has 0 aliphatic carbocycles. The van der Waals surface area contributed by atoms with Gasteiger partial charge in [0.05, 0.1) is 22.9 Å². The number of para-hydroxylation sites is 2. The number of furan rings is 1. The lowest BCUT2D eigenvalue weighted by Gasteiger charge is -2.14. The minimum Gasteiger partial charge on any atom is -0.455 e. The fraction of sp³-hybridized carbons (Fsp3) is 0. The molecule has 0 N–H and O–H groups in total. The molecule has 10 rings (SSSR count). The van der Waals surface area contributed by atoms with Gasteiger partial charge in [0.25, 0.3) is 0 Å². The van der Waals surface area contributed by atoms with Gasteiger partial charge in [-0.05, 0) is 56.8 Å². The number of benzene rings is 8. The van der Waals surface area contributed by atoms with Crippen molar-refractivity contribution in [3.63, 3.8) is 0 Å². The molecule has 3 nitrogen and oxygen atoms in total. The Kier molecular flexibility index (Phi) is 6.18. The summed E-state index contributed by atoms with van der Waals surface area (Å²) < 4.78 is 6.47. The van der Waals surface area contributed by atoms with Crippen molar-refractivity contribution in [1.29, 1.82) is 0 Å². The van der Waals surface area contributed by atoms with Gasteiger partial charge in [-0.1, -0.05) is 146 Å². The van der Waals surface area contributed by atoms with Gasteiger partial charge in [0.2, 0.25) is 0 Å². The molecule has 0 atom stereocenters. The molecule has 10 aromatic rings. The Balaban J connectivity index is 1.24. The van der Waals surface area contributed by atoms with Crippen LogP contribution in [0.4, 0.5) is 0 Å². The van der Waals surface area contributed by atoms with Gasteiger partial charge in [0, 0.05) is 32.7 Å². The highest BCUT2D eigenvalue weighted by atomic mass is 16.3. The predicted octanol–water partition coefficient (Wildman–Crippen LogP) is 12.5. The van der Waals surface area contributed by atoms with E-state index in [0.717, 1.165) is 82.6 Å². The molecule has 0 fully saturated rings. The predicted molar refractivity (Wildman–Crippen MR) is 204 cm³/mol. The number of hydrogen-bond donors (Lipinski definition) is 0. The van der Waals surface area contributed by atoms with Crippen molar-refractivity contribution in [2.75, 3.05) is 0 Å². The second-order valence-electron chi connectivity index (χ2n) is 12.5. The first-order valence-electron chi connectivity index (χ1n) is 16.6. The van der Waals surface area contributed by atoms with Gasteiger partial charge in [0.1, 0.15) is 11.2 Å². The van der Waals surface area contributed by atoms with Gasteiger partial charge in [-0.25, -0.2) is 4.98 Å². The lowest BCUT2D eigenvalue weighted by atomic mass is 9.93. The summed E-state index contributed by atoms with van der Waals surface area (Å²) in [5.41, 5.74) is 12.1. The third-order valence-electron chi connectivity index (χ3n) is 9.72. The summed E-state index contributed by atoms with van der Waals surface area (Å²) >= 11 is 0. The molecule has 0 amide bonds. The van der Waals surface area contributed by atoms with Crippen LogP contribution in [0.3, 0.4) is 0 Å². The van der Waals surface area contributed by atoms with Crippen LogP contribution >= 0.6 is 0 Å². The maximum atomic E-state index is 6.47. The Hall–Kier alpha value is -6.58. The average molecular weight is 625 g/mol.